The summed E-state index contributed by atoms with van der Waals surface area (Å²) in [5, 5.41) is 5.49. The lowest BCUT2D eigenvalue weighted by Crippen LogP contribution is -2.20. The van der Waals surface area contributed by atoms with E-state index in [0.717, 1.165) is 36.3 Å². The highest BCUT2D eigenvalue weighted by molar-refractivity contribution is 5.87. The van der Waals surface area contributed by atoms with Crippen molar-refractivity contribution in [2.24, 2.45) is 0 Å². The Morgan fingerprint density at radius 1 is 1.20 bits per heavy atom. The molecule has 0 radical (unpaired) electrons. The van der Waals surface area contributed by atoms with Gasteiger partial charge < -0.3 is 10.1 Å². The van der Waals surface area contributed by atoms with Crippen LogP contribution in [0.1, 0.15) is 37.8 Å². The first-order chi connectivity index (χ1) is 9.86. The molecule has 0 saturated heterocycles. The molecule has 106 valence electrons. The molecular formula is C17H22N2O. The van der Waals surface area contributed by atoms with Crippen molar-refractivity contribution in [3.05, 3.63) is 36.0 Å². The Hall–Kier alpha value is -1.61. The number of fused-ring (bicyclic) bond motifs is 1. The summed E-state index contributed by atoms with van der Waals surface area (Å²) in [5.74, 6) is 0.806. The fourth-order valence-electron chi connectivity index (χ4n) is 2.92. The number of ether oxygens (including phenoxy) is 1. The highest BCUT2D eigenvalue weighted by Gasteiger charge is 2.17. The second-order valence-corrected chi connectivity index (χ2v) is 5.55. The summed E-state index contributed by atoms with van der Waals surface area (Å²) in [4.78, 5) is 4.70. The molecule has 3 heteroatoms. The lowest BCUT2D eigenvalue weighted by Gasteiger charge is -2.23. The monoisotopic (exact) mass is 270 g/mol. The van der Waals surface area contributed by atoms with Crippen LogP contribution < -0.4 is 10.1 Å². The molecule has 0 atom stereocenters. The lowest BCUT2D eigenvalue weighted by molar-refractivity contribution is 0.150. The van der Waals surface area contributed by atoms with Crippen molar-refractivity contribution in [3.8, 4) is 5.88 Å². The Labute approximate surface area is 120 Å². The lowest BCUT2D eigenvalue weighted by atomic mass is 9.98. The van der Waals surface area contributed by atoms with E-state index in [2.05, 4.69) is 35.6 Å². The fraction of sp³-hybridized carbons (Fsp3) is 0.471. The molecule has 1 aliphatic carbocycles. The van der Waals surface area contributed by atoms with Crippen LogP contribution in [0.25, 0.3) is 10.8 Å². The van der Waals surface area contributed by atoms with Gasteiger partial charge in [-0.2, -0.15) is 0 Å². The van der Waals surface area contributed by atoms with Gasteiger partial charge in [0.05, 0.1) is 5.69 Å². The molecule has 0 spiro atoms. The number of nitrogens with one attached hydrogen (secondary N) is 1. The second-order valence-electron chi connectivity index (χ2n) is 5.55. The molecule has 1 aromatic carbocycles. The van der Waals surface area contributed by atoms with Gasteiger partial charge >= 0.3 is 0 Å². The Balaban J connectivity index is 1.93. The van der Waals surface area contributed by atoms with E-state index >= 15 is 0 Å². The molecule has 0 aliphatic heterocycles. The molecule has 0 bridgehead atoms. The number of nitrogens with zero attached hydrogens (tertiary/aromatic N) is 1. The Kier molecular flexibility index (Phi) is 4.16. The van der Waals surface area contributed by atoms with Crippen molar-refractivity contribution in [1.29, 1.82) is 0 Å². The maximum Gasteiger partial charge on any atom is 0.221 e. The molecule has 0 unspecified atom stereocenters. The van der Waals surface area contributed by atoms with Crippen molar-refractivity contribution in [2.45, 2.75) is 44.8 Å². The van der Waals surface area contributed by atoms with Gasteiger partial charge in [0.25, 0.3) is 0 Å². The van der Waals surface area contributed by atoms with Crippen molar-refractivity contribution in [2.75, 3.05) is 7.05 Å². The van der Waals surface area contributed by atoms with Crippen molar-refractivity contribution >= 4 is 10.8 Å². The molecular weight excluding hydrogens is 248 g/mol. The van der Waals surface area contributed by atoms with Gasteiger partial charge in [-0.15, -0.1) is 0 Å². The van der Waals surface area contributed by atoms with Crippen LogP contribution in [-0.2, 0) is 6.54 Å². The third-order valence-corrected chi connectivity index (χ3v) is 3.95. The van der Waals surface area contributed by atoms with Crippen molar-refractivity contribution in [1.82, 2.24) is 10.3 Å². The first-order valence-corrected chi connectivity index (χ1v) is 7.57. The minimum absolute atomic E-state index is 0.337. The van der Waals surface area contributed by atoms with Crippen LogP contribution in [-0.4, -0.2) is 18.1 Å². The van der Waals surface area contributed by atoms with Gasteiger partial charge in [0, 0.05) is 11.9 Å². The molecule has 1 aromatic heterocycles. The molecule has 1 fully saturated rings. The quantitative estimate of drug-likeness (QED) is 0.920. The van der Waals surface area contributed by atoms with E-state index in [1.54, 1.807) is 0 Å². The average Bonchev–Trinajstić information content (AvgIpc) is 2.49. The van der Waals surface area contributed by atoms with Gasteiger partial charge in [-0.05, 0) is 50.2 Å². The molecule has 1 heterocycles. The maximum absolute atomic E-state index is 6.22. The molecule has 0 amide bonds. The fourth-order valence-corrected chi connectivity index (χ4v) is 2.92. The minimum atomic E-state index is 0.337. The van der Waals surface area contributed by atoms with Gasteiger partial charge in [-0.1, -0.05) is 24.6 Å². The van der Waals surface area contributed by atoms with Gasteiger partial charge in [-0.3, -0.25) is 0 Å². The van der Waals surface area contributed by atoms with Crippen LogP contribution in [0, 0.1) is 0 Å². The number of hydrogen-bond acceptors (Lipinski definition) is 3. The molecule has 1 saturated carbocycles. The smallest absolute Gasteiger partial charge is 0.221 e. The SMILES string of the molecule is CNCc1cc2ccccc2c(OC2CCCCC2)n1. The third kappa shape index (κ3) is 2.93. The topological polar surface area (TPSA) is 34.1 Å². The molecule has 20 heavy (non-hydrogen) atoms. The van der Waals surface area contributed by atoms with Crippen LogP contribution in [0.3, 0.4) is 0 Å². The number of hydrogen-bond donors (Lipinski definition) is 1. The molecule has 2 aromatic rings. The molecule has 3 nitrogen and oxygen atoms in total. The summed E-state index contributed by atoms with van der Waals surface area (Å²) in [7, 11) is 1.94. The van der Waals surface area contributed by atoms with Gasteiger partial charge in [0.1, 0.15) is 6.10 Å². The van der Waals surface area contributed by atoms with E-state index in [0.29, 0.717) is 6.10 Å². The molecule has 3 rings (SSSR count). The number of rotatable bonds is 4. The zero-order valence-corrected chi connectivity index (χ0v) is 12.1. The predicted octanol–water partition coefficient (Wildman–Crippen LogP) is 3.67. The third-order valence-electron chi connectivity index (χ3n) is 3.95. The highest BCUT2D eigenvalue weighted by Crippen LogP contribution is 2.28. The van der Waals surface area contributed by atoms with Gasteiger partial charge in [-0.25, -0.2) is 4.98 Å². The van der Waals surface area contributed by atoms with Gasteiger partial charge in [0.2, 0.25) is 5.88 Å². The van der Waals surface area contributed by atoms with Crippen LogP contribution >= 0.6 is 0 Å². The summed E-state index contributed by atoms with van der Waals surface area (Å²) in [6.07, 6.45) is 6.55. The van der Waals surface area contributed by atoms with Crippen molar-refractivity contribution < 1.29 is 4.74 Å². The van der Waals surface area contributed by atoms with Crippen LogP contribution in [0.2, 0.25) is 0 Å². The highest BCUT2D eigenvalue weighted by atomic mass is 16.5. The second kappa shape index (κ2) is 6.23. The predicted molar refractivity (Wildman–Crippen MR) is 82.0 cm³/mol. The number of benzene rings is 1. The van der Waals surface area contributed by atoms with Crippen LogP contribution in [0.15, 0.2) is 30.3 Å². The maximum atomic E-state index is 6.22. The first-order valence-electron chi connectivity index (χ1n) is 7.57. The van der Waals surface area contributed by atoms with Gasteiger partial charge in [0.15, 0.2) is 0 Å². The zero-order chi connectivity index (χ0) is 13.8. The first kappa shape index (κ1) is 13.4. The van der Waals surface area contributed by atoms with E-state index < -0.39 is 0 Å². The summed E-state index contributed by atoms with van der Waals surface area (Å²) in [6, 6.07) is 10.5. The van der Waals surface area contributed by atoms with Crippen LogP contribution in [0.5, 0.6) is 5.88 Å². The minimum Gasteiger partial charge on any atom is -0.474 e. The zero-order valence-electron chi connectivity index (χ0n) is 12.1. The standard InChI is InChI=1S/C17H22N2O/c1-18-12-14-11-13-7-5-6-10-16(13)17(19-14)20-15-8-3-2-4-9-15/h5-7,10-11,15,18H,2-4,8-9,12H2,1H3. The Bertz CT molecular complexity index is 576. The van der Waals surface area contributed by atoms with Crippen LogP contribution in [0.4, 0.5) is 0 Å². The number of aromatic nitrogens is 1. The van der Waals surface area contributed by atoms with E-state index in [4.69, 9.17) is 9.72 Å². The largest absolute Gasteiger partial charge is 0.474 e. The summed E-state index contributed by atoms with van der Waals surface area (Å²) in [5.41, 5.74) is 1.04. The van der Waals surface area contributed by atoms with Crippen molar-refractivity contribution in [3.63, 3.8) is 0 Å². The summed E-state index contributed by atoms with van der Waals surface area (Å²) in [6.45, 7) is 0.770. The van der Waals surface area contributed by atoms with E-state index in [1.807, 2.05) is 7.05 Å². The summed E-state index contributed by atoms with van der Waals surface area (Å²) < 4.78 is 6.22. The van der Waals surface area contributed by atoms with E-state index in [-0.39, 0.29) is 0 Å². The van der Waals surface area contributed by atoms with E-state index in [9.17, 15) is 0 Å². The molecule has 1 N–H and O–H groups in total. The van der Waals surface area contributed by atoms with E-state index in [1.165, 1.54) is 24.6 Å². The Morgan fingerprint density at radius 2 is 2.00 bits per heavy atom. The number of pyridine rings is 1. The summed E-state index contributed by atoms with van der Waals surface area (Å²) >= 11 is 0. The normalized spacial score (nSPS) is 16.4. The average molecular weight is 270 g/mol. The molecule has 1 aliphatic rings. The Morgan fingerprint density at radius 3 is 2.80 bits per heavy atom.